The molecule has 0 bridgehead atoms. The second kappa shape index (κ2) is 5.00. The molecular weight excluding hydrogens is 293 g/mol. The fourth-order valence-corrected chi connectivity index (χ4v) is 4.04. The lowest BCUT2D eigenvalue weighted by molar-refractivity contribution is 0.580. The number of benzene rings is 1. The van der Waals surface area contributed by atoms with Crippen molar-refractivity contribution in [1.29, 1.82) is 0 Å². The van der Waals surface area contributed by atoms with Gasteiger partial charge in [0.15, 0.2) is 0 Å². The minimum atomic E-state index is -3.84. The van der Waals surface area contributed by atoms with E-state index in [1.54, 1.807) is 18.2 Å². The normalized spacial score (nSPS) is 14.8. The Labute approximate surface area is 122 Å². The van der Waals surface area contributed by atoms with Crippen molar-refractivity contribution in [3.63, 3.8) is 0 Å². The first-order chi connectivity index (χ1) is 10.00. The van der Waals surface area contributed by atoms with Crippen LogP contribution in [0.25, 0.3) is 0 Å². The van der Waals surface area contributed by atoms with Crippen molar-refractivity contribution in [3.05, 3.63) is 48.0 Å². The van der Waals surface area contributed by atoms with Crippen molar-refractivity contribution < 1.29 is 12.8 Å². The molecule has 0 aliphatic carbocycles. The van der Waals surface area contributed by atoms with E-state index in [1.807, 2.05) is 0 Å². The van der Waals surface area contributed by atoms with Gasteiger partial charge in [-0.2, -0.15) is 0 Å². The van der Waals surface area contributed by atoms with Gasteiger partial charge in [0.1, 0.15) is 10.7 Å². The van der Waals surface area contributed by atoms with Crippen LogP contribution in [0, 0.1) is 5.82 Å². The standard InChI is InChI=1S/C14H14FN3O2S/c15-10-7-11(9-17-8-10)21(19,20)18-6-2-3-12-13(16)4-1-5-14(12)18/h1,4-5,7-9H,2-3,6,16H2. The molecule has 0 radical (unpaired) electrons. The van der Waals surface area contributed by atoms with Crippen molar-refractivity contribution in [3.8, 4) is 0 Å². The van der Waals surface area contributed by atoms with Crippen LogP contribution in [0.15, 0.2) is 41.6 Å². The molecule has 2 heterocycles. The number of nitrogens with zero attached hydrogens (tertiary/aromatic N) is 2. The molecule has 7 heteroatoms. The van der Waals surface area contributed by atoms with Crippen LogP contribution in [0.5, 0.6) is 0 Å². The highest BCUT2D eigenvalue weighted by Gasteiger charge is 2.30. The molecule has 2 N–H and O–H groups in total. The molecule has 0 saturated heterocycles. The van der Waals surface area contributed by atoms with Crippen LogP contribution in [-0.2, 0) is 16.4 Å². The number of aromatic nitrogens is 1. The molecule has 1 aromatic heterocycles. The van der Waals surface area contributed by atoms with Crippen LogP contribution in [0.2, 0.25) is 0 Å². The number of anilines is 2. The maximum Gasteiger partial charge on any atom is 0.265 e. The molecule has 0 unspecified atom stereocenters. The molecule has 1 aliphatic heterocycles. The molecular formula is C14H14FN3O2S. The first-order valence-electron chi connectivity index (χ1n) is 6.51. The third-order valence-electron chi connectivity index (χ3n) is 3.51. The van der Waals surface area contributed by atoms with Gasteiger partial charge < -0.3 is 5.73 Å². The summed E-state index contributed by atoms with van der Waals surface area (Å²) in [5.74, 6) is -0.680. The number of halogens is 1. The summed E-state index contributed by atoms with van der Waals surface area (Å²) in [4.78, 5) is 3.46. The Kier molecular flexibility index (Phi) is 3.29. The maximum absolute atomic E-state index is 13.3. The molecule has 0 spiro atoms. The van der Waals surface area contributed by atoms with Gasteiger partial charge in [0.2, 0.25) is 0 Å². The van der Waals surface area contributed by atoms with Gasteiger partial charge in [-0.3, -0.25) is 9.29 Å². The highest BCUT2D eigenvalue weighted by molar-refractivity contribution is 7.92. The monoisotopic (exact) mass is 307 g/mol. The number of nitrogens with two attached hydrogens (primary N) is 1. The summed E-state index contributed by atoms with van der Waals surface area (Å²) in [6.45, 7) is 0.343. The lowest BCUT2D eigenvalue weighted by Crippen LogP contribution is -2.35. The van der Waals surface area contributed by atoms with E-state index in [4.69, 9.17) is 5.73 Å². The van der Waals surface area contributed by atoms with E-state index in [9.17, 15) is 12.8 Å². The van der Waals surface area contributed by atoms with Gasteiger partial charge in [-0.25, -0.2) is 12.8 Å². The highest BCUT2D eigenvalue weighted by atomic mass is 32.2. The zero-order valence-corrected chi connectivity index (χ0v) is 12.0. The first-order valence-corrected chi connectivity index (χ1v) is 7.95. The highest BCUT2D eigenvalue weighted by Crippen LogP contribution is 2.34. The molecule has 2 aromatic rings. The first kappa shape index (κ1) is 13.8. The van der Waals surface area contributed by atoms with E-state index in [-0.39, 0.29) is 4.90 Å². The van der Waals surface area contributed by atoms with Crippen LogP contribution >= 0.6 is 0 Å². The Morgan fingerprint density at radius 3 is 2.86 bits per heavy atom. The van der Waals surface area contributed by atoms with E-state index < -0.39 is 15.8 Å². The summed E-state index contributed by atoms with van der Waals surface area (Å²) in [6.07, 6.45) is 3.53. The molecule has 0 saturated carbocycles. The van der Waals surface area contributed by atoms with E-state index in [1.165, 1.54) is 4.31 Å². The largest absolute Gasteiger partial charge is 0.398 e. The molecule has 21 heavy (non-hydrogen) atoms. The maximum atomic E-state index is 13.3. The second-order valence-electron chi connectivity index (χ2n) is 4.86. The number of fused-ring (bicyclic) bond motifs is 1. The smallest absolute Gasteiger partial charge is 0.265 e. The molecule has 1 aromatic carbocycles. The van der Waals surface area contributed by atoms with Gasteiger partial charge in [-0.15, -0.1) is 0 Å². The SMILES string of the molecule is Nc1cccc2c1CCCN2S(=O)(=O)c1cncc(F)c1. The summed E-state index contributed by atoms with van der Waals surface area (Å²) in [5, 5.41) is 0. The third-order valence-corrected chi connectivity index (χ3v) is 5.29. The quantitative estimate of drug-likeness (QED) is 0.860. The minimum absolute atomic E-state index is 0.155. The summed E-state index contributed by atoms with van der Waals surface area (Å²) in [7, 11) is -3.84. The fraction of sp³-hybridized carbons (Fsp3) is 0.214. The van der Waals surface area contributed by atoms with E-state index >= 15 is 0 Å². The molecule has 3 rings (SSSR count). The van der Waals surface area contributed by atoms with Crippen LogP contribution in [-0.4, -0.2) is 19.9 Å². The number of sulfonamides is 1. The lowest BCUT2D eigenvalue weighted by Gasteiger charge is -2.31. The Balaban J connectivity index is 2.12. The second-order valence-corrected chi connectivity index (χ2v) is 6.73. The summed E-state index contributed by atoms with van der Waals surface area (Å²) < 4.78 is 39.9. The number of hydrogen-bond acceptors (Lipinski definition) is 4. The fourth-order valence-electron chi connectivity index (χ4n) is 2.53. The average Bonchev–Trinajstić information content (AvgIpc) is 2.47. The Morgan fingerprint density at radius 1 is 1.29 bits per heavy atom. The van der Waals surface area contributed by atoms with Gasteiger partial charge in [0, 0.05) is 18.4 Å². The lowest BCUT2D eigenvalue weighted by atomic mass is 10.0. The molecule has 5 nitrogen and oxygen atoms in total. The summed E-state index contributed by atoms with van der Waals surface area (Å²) in [6, 6.07) is 6.16. The molecule has 110 valence electrons. The van der Waals surface area contributed by atoms with Crippen LogP contribution in [0.4, 0.5) is 15.8 Å². The third kappa shape index (κ3) is 2.33. The molecule has 0 fully saturated rings. The van der Waals surface area contributed by atoms with Crippen LogP contribution in [0.1, 0.15) is 12.0 Å². The van der Waals surface area contributed by atoms with E-state index in [2.05, 4.69) is 4.98 Å². The van der Waals surface area contributed by atoms with Crippen LogP contribution in [0.3, 0.4) is 0 Å². The number of nitrogen functional groups attached to an aromatic ring is 1. The summed E-state index contributed by atoms with van der Waals surface area (Å²) in [5.41, 5.74) is 7.87. The van der Waals surface area contributed by atoms with Crippen molar-refractivity contribution in [2.24, 2.45) is 0 Å². The summed E-state index contributed by atoms with van der Waals surface area (Å²) >= 11 is 0. The van der Waals surface area contributed by atoms with Crippen molar-refractivity contribution in [1.82, 2.24) is 4.98 Å². The van der Waals surface area contributed by atoms with E-state index in [0.717, 1.165) is 30.4 Å². The number of hydrogen-bond donors (Lipinski definition) is 1. The predicted octanol–water partition coefficient (Wildman–Crippen LogP) is 1.94. The Bertz CT molecular complexity index is 793. The Morgan fingerprint density at radius 2 is 2.10 bits per heavy atom. The number of pyridine rings is 1. The van der Waals surface area contributed by atoms with Gasteiger partial charge in [0.25, 0.3) is 10.0 Å². The van der Waals surface area contributed by atoms with E-state index in [0.29, 0.717) is 24.3 Å². The van der Waals surface area contributed by atoms with Gasteiger partial charge in [-0.1, -0.05) is 6.07 Å². The van der Waals surface area contributed by atoms with Gasteiger partial charge in [-0.05, 0) is 36.6 Å². The van der Waals surface area contributed by atoms with Gasteiger partial charge in [0.05, 0.1) is 11.9 Å². The topological polar surface area (TPSA) is 76.3 Å². The van der Waals surface area contributed by atoms with Crippen molar-refractivity contribution in [2.45, 2.75) is 17.7 Å². The van der Waals surface area contributed by atoms with Gasteiger partial charge >= 0.3 is 0 Å². The minimum Gasteiger partial charge on any atom is -0.398 e. The van der Waals surface area contributed by atoms with Crippen molar-refractivity contribution >= 4 is 21.4 Å². The Hall–Kier alpha value is -2.15. The zero-order valence-electron chi connectivity index (χ0n) is 11.2. The molecule has 1 aliphatic rings. The predicted molar refractivity (Wildman–Crippen MR) is 77.9 cm³/mol. The molecule has 0 amide bonds. The average molecular weight is 307 g/mol. The number of rotatable bonds is 2. The molecule has 0 atom stereocenters. The van der Waals surface area contributed by atoms with Crippen molar-refractivity contribution in [2.75, 3.05) is 16.6 Å². The van der Waals surface area contributed by atoms with Crippen LogP contribution < -0.4 is 10.0 Å². The zero-order chi connectivity index (χ0) is 15.0.